The van der Waals surface area contributed by atoms with Gasteiger partial charge in [-0.3, -0.25) is 0 Å². The summed E-state index contributed by atoms with van der Waals surface area (Å²) < 4.78 is 74.0. The van der Waals surface area contributed by atoms with Crippen molar-refractivity contribution in [3.8, 4) is 16.9 Å². The fourth-order valence-electron chi connectivity index (χ4n) is 2.72. The molecule has 0 amide bonds. The molecule has 0 bridgehead atoms. The second-order valence-electron chi connectivity index (χ2n) is 6.37. The molecule has 0 spiro atoms. The SMILES string of the molecule is CCS(=O)(=O)c1ccc(-c2cc(C(F)(F)F)ccc2O[C@@H](C)C(=O)OC)c(C)c1. The number of benzene rings is 2. The molecule has 0 aliphatic rings. The lowest BCUT2D eigenvalue weighted by atomic mass is 9.97. The summed E-state index contributed by atoms with van der Waals surface area (Å²) in [5.41, 5.74) is 0.0105. The van der Waals surface area contributed by atoms with Crippen molar-refractivity contribution in [2.24, 2.45) is 0 Å². The van der Waals surface area contributed by atoms with E-state index in [1.165, 1.54) is 39.2 Å². The zero-order chi connectivity index (χ0) is 22.0. The molecule has 0 saturated carbocycles. The third-order valence-corrected chi connectivity index (χ3v) is 6.10. The van der Waals surface area contributed by atoms with Crippen LogP contribution in [0.3, 0.4) is 0 Å². The molecule has 0 fully saturated rings. The average Bonchev–Trinajstić information content (AvgIpc) is 2.66. The number of carbonyl (C=O) groups is 1. The molecule has 0 aliphatic carbocycles. The number of hydrogen-bond donors (Lipinski definition) is 0. The Kier molecular flexibility index (Phi) is 6.62. The topological polar surface area (TPSA) is 69.7 Å². The first kappa shape index (κ1) is 22.7. The van der Waals surface area contributed by atoms with Crippen molar-refractivity contribution in [1.82, 2.24) is 0 Å². The number of rotatable bonds is 6. The van der Waals surface area contributed by atoms with E-state index in [1.54, 1.807) is 6.92 Å². The summed E-state index contributed by atoms with van der Waals surface area (Å²) in [6.45, 7) is 4.51. The molecule has 1 atom stereocenters. The molecule has 5 nitrogen and oxygen atoms in total. The summed E-state index contributed by atoms with van der Waals surface area (Å²) in [6.07, 6.45) is -5.63. The zero-order valence-corrected chi connectivity index (χ0v) is 17.1. The summed E-state index contributed by atoms with van der Waals surface area (Å²) >= 11 is 0. The summed E-state index contributed by atoms with van der Waals surface area (Å²) in [5.74, 6) is -0.734. The maximum atomic E-state index is 13.2. The number of sulfone groups is 1. The highest BCUT2D eigenvalue weighted by Crippen LogP contribution is 2.39. The molecule has 0 radical (unpaired) electrons. The van der Waals surface area contributed by atoms with Gasteiger partial charge in [-0.2, -0.15) is 13.2 Å². The molecule has 0 saturated heterocycles. The van der Waals surface area contributed by atoms with Gasteiger partial charge in [-0.15, -0.1) is 0 Å². The Bertz CT molecular complexity index is 1010. The van der Waals surface area contributed by atoms with Crippen molar-refractivity contribution in [3.63, 3.8) is 0 Å². The molecule has 0 heterocycles. The first-order chi connectivity index (χ1) is 13.4. The number of ether oxygens (including phenoxy) is 2. The molecule has 2 aromatic carbocycles. The molecule has 0 unspecified atom stereocenters. The lowest BCUT2D eigenvalue weighted by Gasteiger charge is -2.19. The van der Waals surface area contributed by atoms with E-state index in [0.29, 0.717) is 11.1 Å². The third-order valence-electron chi connectivity index (χ3n) is 4.37. The van der Waals surface area contributed by atoms with Gasteiger partial charge in [-0.25, -0.2) is 13.2 Å². The van der Waals surface area contributed by atoms with Gasteiger partial charge in [0.05, 0.1) is 23.3 Å². The van der Waals surface area contributed by atoms with Crippen LogP contribution in [0.5, 0.6) is 5.75 Å². The molecule has 0 N–H and O–H groups in total. The van der Waals surface area contributed by atoms with Gasteiger partial charge in [0.25, 0.3) is 0 Å². The van der Waals surface area contributed by atoms with Gasteiger partial charge >= 0.3 is 12.1 Å². The number of esters is 1. The molecule has 29 heavy (non-hydrogen) atoms. The van der Waals surface area contributed by atoms with E-state index in [4.69, 9.17) is 4.74 Å². The van der Waals surface area contributed by atoms with Crippen LogP contribution in [-0.4, -0.2) is 33.4 Å². The van der Waals surface area contributed by atoms with Gasteiger partial charge in [0.1, 0.15) is 5.75 Å². The van der Waals surface area contributed by atoms with E-state index >= 15 is 0 Å². The maximum absolute atomic E-state index is 13.2. The highest BCUT2D eigenvalue weighted by molar-refractivity contribution is 7.91. The Morgan fingerprint density at radius 2 is 1.76 bits per heavy atom. The first-order valence-corrected chi connectivity index (χ1v) is 10.4. The van der Waals surface area contributed by atoms with Crippen molar-refractivity contribution < 1.29 is 35.9 Å². The van der Waals surface area contributed by atoms with Crippen LogP contribution in [0.1, 0.15) is 25.0 Å². The second-order valence-corrected chi connectivity index (χ2v) is 8.65. The summed E-state index contributed by atoms with van der Waals surface area (Å²) in [5, 5.41) is 0. The van der Waals surface area contributed by atoms with E-state index in [1.807, 2.05) is 0 Å². The largest absolute Gasteiger partial charge is 0.478 e. The van der Waals surface area contributed by atoms with Crippen molar-refractivity contribution >= 4 is 15.8 Å². The fraction of sp³-hybridized carbons (Fsp3) is 0.350. The van der Waals surface area contributed by atoms with Gasteiger partial charge in [0.2, 0.25) is 0 Å². The van der Waals surface area contributed by atoms with Crippen LogP contribution < -0.4 is 4.74 Å². The van der Waals surface area contributed by atoms with Crippen LogP contribution >= 0.6 is 0 Å². The standard InChI is InChI=1S/C20H21F3O5S/c1-5-29(25,26)15-7-8-16(12(2)10-15)17-11-14(20(21,22)23)6-9-18(17)28-13(3)19(24)27-4/h6-11,13H,5H2,1-4H3/t13-/m0/s1. The van der Waals surface area contributed by atoms with Crippen LogP contribution in [0, 0.1) is 6.92 Å². The number of methoxy groups -OCH3 is 1. The van der Waals surface area contributed by atoms with Crippen LogP contribution in [0.4, 0.5) is 13.2 Å². The smallest absolute Gasteiger partial charge is 0.416 e. The number of carbonyl (C=O) groups excluding carboxylic acids is 1. The van der Waals surface area contributed by atoms with Gasteiger partial charge in [-0.1, -0.05) is 13.0 Å². The van der Waals surface area contributed by atoms with Gasteiger partial charge in [-0.05, 0) is 55.3 Å². The van der Waals surface area contributed by atoms with E-state index in [9.17, 15) is 26.4 Å². The van der Waals surface area contributed by atoms with Gasteiger partial charge in [0, 0.05) is 5.56 Å². The van der Waals surface area contributed by atoms with E-state index in [-0.39, 0.29) is 22.0 Å². The lowest BCUT2D eigenvalue weighted by molar-refractivity contribution is -0.148. The molecule has 0 aromatic heterocycles. The Hall–Kier alpha value is -2.55. The van der Waals surface area contributed by atoms with Crippen molar-refractivity contribution in [1.29, 1.82) is 0 Å². The molecular weight excluding hydrogens is 409 g/mol. The van der Waals surface area contributed by atoms with E-state index in [0.717, 1.165) is 18.2 Å². The van der Waals surface area contributed by atoms with Crippen LogP contribution in [0.2, 0.25) is 0 Å². The quantitative estimate of drug-likeness (QED) is 0.635. The van der Waals surface area contributed by atoms with Crippen molar-refractivity contribution in [3.05, 3.63) is 47.5 Å². The van der Waals surface area contributed by atoms with Crippen LogP contribution in [0.15, 0.2) is 41.3 Å². The monoisotopic (exact) mass is 430 g/mol. The van der Waals surface area contributed by atoms with Gasteiger partial charge < -0.3 is 9.47 Å². The average molecular weight is 430 g/mol. The summed E-state index contributed by atoms with van der Waals surface area (Å²) in [4.78, 5) is 11.7. The Morgan fingerprint density at radius 1 is 1.10 bits per heavy atom. The maximum Gasteiger partial charge on any atom is 0.416 e. The molecule has 158 valence electrons. The molecule has 0 aliphatic heterocycles. The number of alkyl halides is 3. The van der Waals surface area contributed by atoms with Gasteiger partial charge in [0.15, 0.2) is 15.9 Å². The third kappa shape index (κ3) is 5.09. The summed E-state index contributed by atoms with van der Waals surface area (Å²) in [6, 6.07) is 7.08. The predicted octanol–water partition coefficient (Wildman–Crippen LogP) is 4.41. The first-order valence-electron chi connectivity index (χ1n) is 8.70. The fourth-order valence-corrected chi connectivity index (χ4v) is 3.69. The van der Waals surface area contributed by atoms with E-state index in [2.05, 4.69) is 4.74 Å². The van der Waals surface area contributed by atoms with Crippen molar-refractivity contribution in [2.75, 3.05) is 12.9 Å². The Balaban J connectivity index is 2.63. The highest BCUT2D eigenvalue weighted by atomic mass is 32.2. The van der Waals surface area contributed by atoms with Crippen molar-refractivity contribution in [2.45, 2.75) is 37.9 Å². The molecule has 9 heteroatoms. The van der Waals surface area contributed by atoms with Crippen LogP contribution in [0.25, 0.3) is 11.1 Å². The minimum Gasteiger partial charge on any atom is -0.478 e. The lowest BCUT2D eigenvalue weighted by Crippen LogP contribution is -2.25. The molecular formula is C20H21F3O5S. The predicted molar refractivity (Wildman–Crippen MR) is 101 cm³/mol. The molecule has 2 rings (SSSR count). The molecule has 2 aromatic rings. The number of aryl methyl sites for hydroxylation is 1. The minimum atomic E-state index is -4.58. The number of halogens is 3. The van der Waals surface area contributed by atoms with Crippen LogP contribution in [-0.2, 0) is 25.5 Å². The summed E-state index contributed by atoms with van der Waals surface area (Å²) in [7, 11) is -2.29. The second kappa shape index (κ2) is 8.44. The zero-order valence-electron chi connectivity index (χ0n) is 16.3. The normalized spacial score (nSPS) is 13.1. The Morgan fingerprint density at radius 3 is 2.28 bits per heavy atom. The minimum absolute atomic E-state index is 0.0464. The van der Waals surface area contributed by atoms with E-state index < -0.39 is 33.7 Å². The highest BCUT2D eigenvalue weighted by Gasteiger charge is 2.32. The Labute approximate surface area is 167 Å². The number of hydrogen-bond acceptors (Lipinski definition) is 5.